The Bertz CT molecular complexity index is 215. The fourth-order valence-corrected chi connectivity index (χ4v) is 2.52. The molecular formula is C7H11N3S2. The van der Waals surface area contributed by atoms with Crippen LogP contribution >= 0.6 is 24.4 Å². The minimum atomic E-state index is -0.0284. The Balaban J connectivity index is 2.14. The van der Waals surface area contributed by atoms with Gasteiger partial charge >= 0.3 is 0 Å². The van der Waals surface area contributed by atoms with Gasteiger partial charge in [0.25, 0.3) is 0 Å². The minimum absolute atomic E-state index is 0.0284. The molecule has 2 aliphatic rings. The normalized spacial score (nSPS) is 26.3. The summed E-state index contributed by atoms with van der Waals surface area (Å²) in [7, 11) is 0. The maximum atomic E-state index is 5.04. The van der Waals surface area contributed by atoms with Gasteiger partial charge in [-0.1, -0.05) is 0 Å². The third kappa shape index (κ3) is 1.38. The molecule has 1 spiro atoms. The first-order chi connectivity index (χ1) is 5.70. The monoisotopic (exact) mass is 201 g/mol. The summed E-state index contributed by atoms with van der Waals surface area (Å²) in [5, 5.41) is 10.7. The Morgan fingerprint density at radius 1 is 1.00 bits per heavy atom. The van der Waals surface area contributed by atoms with E-state index in [1.54, 1.807) is 0 Å². The molecular weight excluding hydrogens is 190 g/mol. The average molecular weight is 201 g/mol. The van der Waals surface area contributed by atoms with Crippen LogP contribution in [0.5, 0.6) is 0 Å². The van der Waals surface area contributed by atoms with Crippen LogP contribution in [0.1, 0.15) is 25.7 Å². The number of hydrogen-bond acceptors (Lipinski definition) is 2. The van der Waals surface area contributed by atoms with Crippen LogP contribution in [0.15, 0.2) is 0 Å². The van der Waals surface area contributed by atoms with Gasteiger partial charge in [-0.05, 0) is 50.1 Å². The molecule has 1 aliphatic carbocycles. The van der Waals surface area contributed by atoms with E-state index in [0.717, 1.165) is 12.8 Å². The highest BCUT2D eigenvalue weighted by atomic mass is 32.1. The molecule has 2 fully saturated rings. The van der Waals surface area contributed by atoms with Crippen molar-refractivity contribution in [2.75, 3.05) is 0 Å². The smallest absolute Gasteiger partial charge is 0.174 e. The van der Waals surface area contributed by atoms with Crippen molar-refractivity contribution in [3.05, 3.63) is 0 Å². The van der Waals surface area contributed by atoms with Crippen LogP contribution in [-0.4, -0.2) is 15.9 Å². The van der Waals surface area contributed by atoms with Gasteiger partial charge in [0.15, 0.2) is 10.2 Å². The van der Waals surface area contributed by atoms with Crippen molar-refractivity contribution in [2.24, 2.45) is 0 Å². The molecule has 5 heteroatoms. The van der Waals surface area contributed by atoms with Gasteiger partial charge in [0.05, 0.1) is 0 Å². The van der Waals surface area contributed by atoms with Gasteiger partial charge in [0.2, 0.25) is 0 Å². The summed E-state index contributed by atoms with van der Waals surface area (Å²) in [5.41, 5.74) is -0.0284. The maximum absolute atomic E-state index is 5.04. The zero-order chi connectivity index (χ0) is 8.60. The highest BCUT2D eigenvalue weighted by molar-refractivity contribution is 7.81. The molecule has 1 heterocycles. The van der Waals surface area contributed by atoms with Crippen molar-refractivity contribution in [2.45, 2.75) is 31.3 Å². The third-order valence-electron chi connectivity index (χ3n) is 2.39. The third-order valence-corrected chi connectivity index (χ3v) is 2.80. The zero-order valence-corrected chi connectivity index (χ0v) is 8.28. The predicted octanol–water partition coefficient (Wildman–Crippen LogP) is 0.609. The summed E-state index contributed by atoms with van der Waals surface area (Å²) in [6, 6.07) is 0. The molecule has 12 heavy (non-hydrogen) atoms. The highest BCUT2D eigenvalue weighted by Gasteiger charge is 2.37. The van der Waals surface area contributed by atoms with Crippen LogP contribution in [0.4, 0.5) is 0 Å². The minimum Gasteiger partial charge on any atom is -0.340 e. The van der Waals surface area contributed by atoms with E-state index in [9.17, 15) is 0 Å². The van der Waals surface area contributed by atoms with Crippen LogP contribution in [0.2, 0.25) is 0 Å². The number of thiocarbonyl (C=S) groups is 2. The number of hydrogen-bond donors (Lipinski definition) is 3. The quantitative estimate of drug-likeness (QED) is 0.501. The average Bonchev–Trinajstić information content (AvgIpc) is 2.33. The van der Waals surface area contributed by atoms with Gasteiger partial charge in [-0.3, -0.25) is 0 Å². The van der Waals surface area contributed by atoms with E-state index in [1.807, 2.05) is 0 Å². The predicted molar refractivity (Wildman–Crippen MR) is 55.8 cm³/mol. The summed E-state index contributed by atoms with van der Waals surface area (Å²) in [6.07, 6.45) is 4.69. The number of nitrogens with one attached hydrogen (secondary N) is 3. The summed E-state index contributed by atoms with van der Waals surface area (Å²) in [5.74, 6) is 0. The van der Waals surface area contributed by atoms with Crippen LogP contribution in [0, 0.1) is 0 Å². The van der Waals surface area contributed by atoms with Crippen LogP contribution in [0.3, 0.4) is 0 Å². The Kier molecular flexibility index (Phi) is 1.92. The molecule has 0 radical (unpaired) electrons. The van der Waals surface area contributed by atoms with Crippen LogP contribution in [-0.2, 0) is 0 Å². The molecule has 0 bridgehead atoms. The molecule has 3 N–H and O–H groups in total. The second kappa shape index (κ2) is 2.81. The maximum Gasteiger partial charge on any atom is 0.174 e. The second-order valence-electron chi connectivity index (χ2n) is 3.32. The van der Waals surface area contributed by atoms with Gasteiger partial charge in [-0.15, -0.1) is 0 Å². The summed E-state index contributed by atoms with van der Waals surface area (Å²) in [6.45, 7) is 0. The molecule has 1 aliphatic heterocycles. The van der Waals surface area contributed by atoms with Gasteiger partial charge in [0.1, 0.15) is 5.66 Å². The van der Waals surface area contributed by atoms with Crippen LogP contribution < -0.4 is 16.0 Å². The largest absolute Gasteiger partial charge is 0.340 e. The van der Waals surface area contributed by atoms with Gasteiger partial charge in [0, 0.05) is 0 Å². The molecule has 1 saturated heterocycles. The summed E-state index contributed by atoms with van der Waals surface area (Å²) in [4.78, 5) is 0. The van der Waals surface area contributed by atoms with Crippen molar-refractivity contribution in [3.8, 4) is 0 Å². The van der Waals surface area contributed by atoms with Crippen molar-refractivity contribution < 1.29 is 0 Å². The van der Waals surface area contributed by atoms with E-state index in [2.05, 4.69) is 16.0 Å². The lowest BCUT2D eigenvalue weighted by Crippen LogP contribution is -2.68. The van der Waals surface area contributed by atoms with Gasteiger partial charge in [-0.25, -0.2) is 0 Å². The first-order valence-electron chi connectivity index (χ1n) is 4.12. The number of rotatable bonds is 0. The van der Waals surface area contributed by atoms with Crippen molar-refractivity contribution in [1.29, 1.82) is 0 Å². The summed E-state index contributed by atoms with van der Waals surface area (Å²) >= 11 is 10.1. The van der Waals surface area contributed by atoms with Crippen LogP contribution in [0.25, 0.3) is 0 Å². The van der Waals surface area contributed by atoms with E-state index in [-0.39, 0.29) is 5.66 Å². The molecule has 0 aromatic rings. The molecule has 66 valence electrons. The van der Waals surface area contributed by atoms with E-state index in [4.69, 9.17) is 24.4 Å². The SMILES string of the molecule is S=C1NC(=S)NC2(CCCC2)N1. The Hall–Kier alpha value is -0.420. The highest BCUT2D eigenvalue weighted by Crippen LogP contribution is 2.27. The molecule has 0 aromatic carbocycles. The molecule has 1 saturated carbocycles. The molecule has 3 nitrogen and oxygen atoms in total. The zero-order valence-electron chi connectivity index (χ0n) is 6.64. The lowest BCUT2D eigenvalue weighted by molar-refractivity contribution is 0.348. The van der Waals surface area contributed by atoms with Gasteiger partial charge < -0.3 is 16.0 Å². The molecule has 2 rings (SSSR count). The van der Waals surface area contributed by atoms with Gasteiger partial charge in [-0.2, -0.15) is 0 Å². The molecule has 0 aromatic heterocycles. The Morgan fingerprint density at radius 3 is 2.00 bits per heavy atom. The van der Waals surface area contributed by atoms with Crippen molar-refractivity contribution >= 4 is 34.7 Å². The second-order valence-corrected chi connectivity index (χ2v) is 4.14. The first kappa shape index (κ1) is 8.19. The van der Waals surface area contributed by atoms with Crippen molar-refractivity contribution in [1.82, 2.24) is 16.0 Å². The van der Waals surface area contributed by atoms with E-state index in [1.165, 1.54) is 12.8 Å². The molecule has 0 unspecified atom stereocenters. The molecule has 0 amide bonds. The summed E-state index contributed by atoms with van der Waals surface area (Å²) < 4.78 is 0. The fourth-order valence-electron chi connectivity index (χ4n) is 1.86. The Morgan fingerprint density at radius 2 is 1.50 bits per heavy atom. The lowest BCUT2D eigenvalue weighted by atomic mass is 10.1. The van der Waals surface area contributed by atoms with E-state index < -0.39 is 0 Å². The Labute approximate surface area is 82.3 Å². The van der Waals surface area contributed by atoms with E-state index >= 15 is 0 Å². The topological polar surface area (TPSA) is 36.1 Å². The lowest BCUT2D eigenvalue weighted by Gasteiger charge is -2.38. The van der Waals surface area contributed by atoms with E-state index in [0.29, 0.717) is 10.2 Å². The molecule has 0 atom stereocenters. The standard InChI is InChI=1S/C7H11N3S2/c11-5-8-6(12)10-7(9-5)3-1-2-4-7/h1-4H2,(H3,8,9,10,11,12). The van der Waals surface area contributed by atoms with Crippen molar-refractivity contribution in [3.63, 3.8) is 0 Å². The first-order valence-corrected chi connectivity index (χ1v) is 4.93. The fraction of sp³-hybridized carbons (Fsp3) is 0.714.